The first kappa shape index (κ1) is 20.7. The van der Waals surface area contributed by atoms with Gasteiger partial charge in [-0.2, -0.15) is 0 Å². The summed E-state index contributed by atoms with van der Waals surface area (Å²) in [5.74, 6) is 0. The van der Waals surface area contributed by atoms with Gasteiger partial charge in [0.05, 0.1) is 6.61 Å². The molecule has 0 amide bonds. The lowest BCUT2D eigenvalue weighted by molar-refractivity contribution is -0.162. The molecule has 3 aromatic rings. The van der Waals surface area contributed by atoms with Crippen LogP contribution in [0.3, 0.4) is 0 Å². The largest absolute Gasteiger partial charge is 0.387 e. The molecule has 5 nitrogen and oxygen atoms in total. The van der Waals surface area contributed by atoms with Gasteiger partial charge in [-0.1, -0.05) is 91.0 Å². The average molecular weight is 406 g/mol. The van der Waals surface area contributed by atoms with Crippen molar-refractivity contribution < 1.29 is 24.4 Å². The van der Waals surface area contributed by atoms with E-state index in [-0.39, 0.29) is 6.61 Å². The van der Waals surface area contributed by atoms with Gasteiger partial charge < -0.3 is 24.4 Å². The molecule has 0 spiro atoms. The van der Waals surface area contributed by atoms with Gasteiger partial charge in [0.2, 0.25) is 0 Å². The maximum atomic E-state index is 10.4. The molecule has 5 heteroatoms. The van der Waals surface area contributed by atoms with Crippen molar-refractivity contribution in [3.05, 3.63) is 108 Å². The zero-order valence-corrected chi connectivity index (χ0v) is 16.8. The number of ether oxygens (including phenoxy) is 3. The molecule has 1 aliphatic rings. The van der Waals surface area contributed by atoms with Gasteiger partial charge in [-0.15, -0.1) is 0 Å². The van der Waals surface area contributed by atoms with E-state index in [1.54, 1.807) is 0 Å². The Morgan fingerprint density at radius 3 is 1.53 bits per heavy atom. The van der Waals surface area contributed by atoms with Crippen molar-refractivity contribution in [2.24, 2.45) is 0 Å². The first-order valence-electron chi connectivity index (χ1n) is 10.0. The fourth-order valence-corrected chi connectivity index (χ4v) is 4.02. The lowest BCUT2D eigenvalue weighted by atomic mass is 9.80. The molecule has 1 fully saturated rings. The van der Waals surface area contributed by atoms with Crippen LogP contribution >= 0.6 is 0 Å². The van der Waals surface area contributed by atoms with Crippen molar-refractivity contribution in [2.45, 2.75) is 30.2 Å². The summed E-state index contributed by atoms with van der Waals surface area (Å²) in [7, 11) is 1.44. The Morgan fingerprint density at radius 1 is 0.733 bits per heavy atom. The normalized spacial score (nSPS) is 24.1. The van der Waals surface area contributed by atoms with Crippen LogP contribution in [0.2, 0.25) is 0 Å². The minimum absolute atomic E-state index is 0.0662. The van der Waals surface area contributed by atoms with Crippen molar-refractivity contribution >= 4 is 0 Å². The Kier molecular flexibility index (Phi) is 6.27. The highest BCUT2D eigenvalue weighted by atomic mass is 16.7. The summed E-state index contributed by atoms with van der Waals surface area (Å²) >= 11 is 0. The summed E-state index contributed by atoms with van der Waals surface area (Å²) in [5.41, 5.74) is 1.96. The number of methoxy groups -OCH3 is 1. The number of rotatable bonds is 7. The number of hydrogen-bond acceptors (Lipinski definition) is 5. The molecule has 1 heterocycles. The average Bonchev–Trinajstić information content (AvgIpc) is 3.09. The minimum Gasteiger partial charge on any atom is -0.387 e. The first-order valence-corrected chi connectivity index (χ1v) is 10.0. The zero-order chi connectivity index (χ0) is 21.0. The Bertz CT molecular complexity index is 819. The summed E-state index contributed by atoms with van der Waals surface area (Å²) < 4.78 is 17.4. The second kappa shape index (κ2) is 9.08. The van der Waals surface area contributed by atoms with Crippen molar-refractivity contribution in [1.29, 1.82) is 0 Å². The van der Waals surface area contributed by atoms with E-state index in [2.05, 4.69) is 0 Å². The quantitative estimate of drug-likeness (QED) is 0.590. The molecule has 4 atom stereocenters. The topological polar surface area (TPSA) is 68.2 Å². The molecule has 0 aromatic heterocycles. The molecule has 4 rings (SSSR count). The van der Waals surface area contributed by atoms with Crippen LogP contribution in [0.25, 0.3) is 0 Å². The molecule has 2 N–H and O–H groups in total. The molecule has 1 aliphatic heterocycles. The molecular weight excluding hydrogens is 380 g/mol. The molecule has 0 unspecified atom stereocenters. The molecule has 0 bridgehead atoms. The lowest BCUT2D eigenvalue weighted by Gasteiger charge is -2.37. The molecule has 0 radical (unpaired) electrons. The van der Waals surface area contributed by atoms with Crippen LogP contribution in [0.15, 0.2) is 91.0 Å². The highest BCUT2D eigenvalue weighted by molar-refractivity contribution is 5.47. The summed E-state index contributed by atoms with van der Waals surface area (Å²) in [6.45, 7) is 0.0662. The number of aliphatic hydroxyl groups excluding tert-OH is 2. The molecular formula is C25H26O5. The molecule has 0 saturated carbocycles. The van der Waals surface area contributed by atoms with Crippen molar-refractivity contribution in [1.82, 2.24) is 0 Å². The summed E-state index contributed by atoms with van der Waals surface area (Å²) in [5, 5.41) is 20.6. The second-order valence-electron chi connectivity index (χ2n) is 7.35. The first-order chi connectivity index (χ1) is 14.7. The molecule has 0 aliphatic carbocycles. The van der Waals surface area contributed by atoms with E-state index < -0.39 is 30.2 Å². The third-order valence-electron chi connectivity index (χ3n) is 5.56. The monoisotopic (exact) mass is 406 g/mol. The van der Waals surface area contributed by atoms with E-state index >= 15 is 0 Å². The van der Waals surface area contributed by atoms with E-state index in [1.807, 2.05) is 91.0 Å². The van der Waals surface area contributed by atoms with E-state index in [1.165, 1.54) is 7.11 Å². The highest BCUT2D eigenvalue weighted by Crippen LogP contribution is 2.41. The van der Waals surface area contributed by atoms with E-state index in [9.17, 15) is 10.2 Å². The highest BCUT2D eigenvalue weighted by Gasteiger charge is 2.45. The Morgan fingerprint density at radius 2 is 1.17 bits per heavy atom. The van der Waals surface area contributed by atoms with Crippen LogP contribution < -0.4 is 0 Å². The SMILES string of the molecule is CO[C@@H]1O[C@H](COC(c2ccccc2)(c2ccccc2)c2ccccc2)[C@H](O)[C@H]1O. The van der Waals surface area contributed by atoms with Crippen LogP contribution in [-0.2, 0) is 19.8 Å². The van der Waals surface area contributed by atoms with Gasteiger partial charge >= 0.3 is 0 Å². The van der Waals surface area contributed by atoms with Gasteiger partial charge in [0, 0.05) is 7.11 Å². The fourth-order valence-electron chi connectivity index (χ4n) is 4.02. The maximum absolute atomic E-state index is 10.4. The van der Waals surface area contributed by atoms with Crippen LogP contribution in [0.4, 0.5) is 0 Å². The van der Waals surface area contributed by atoms with Gasteiger partial charge in [0.15, 0.2) is 6.29 Å². The van der Waals surface area contributed by atoms with Gasteiger partial charge in [-0.3, -0.25) is 0 Å². The number of aliphatic hydroxyl groups is 2. The Labute approximate surface area is 176 Å². The minimum atomic E-state index is -1.12. The summed E-state index contributed by atoms with van der Waals surface area (Å²) in [4.78, 5) is 0. The second-order valence-corrected chi connectivity index (χ2v) is 7.35. The fraction of sp³-hybridized carbons (Fsp3) is 0.280. The standard InChI is InChI=1S/C25H26O5/c1-28-24-23(27)22(26)21(30-24)17-29-25(18-11-5-2-6-12-18,19-13-7-3-8-14-19)20-15-9-4-10-16-20/h2-16,21-24,26-27H,17H2,1H3/t21-,22+,23-,24-/m1/s1. The van der Waals surface area contributed by atoms with Crippen LogP contribution in [0.5, 0.6) is 0 Å². The van der Waals surface area contributed by atoms with Gasteiger partial charge in [-0.25, -0.2) is 0 Å². The Hall–Kier alpha value is -2.54. The summed E-state index contributed by atoms with van der Waals surface area (Å²) in [6.07, 6.45) is -3.83. The number of benzene rings is 3. The molecule has 3 aromatic carbocycles. The van der Waals surface area contributed by atoms with Gasteiger partial charge in [0.1, 0.15) is 23.9 Å². The predicted octanol–water partition coefficient (Wildman–Crippen LogP) is 3.09. The van der Waals surface area contributed by atoms with Crippen LogP contribution in [-0.4, -0.2) is 48.5 Å². The lowest BCUT2D eigenvalue weighted by Crippen LogP contribution is -2.39. The van der Waals surface area contributed by atoms with Crippen molar-refractivity contribution in [3.63, 3.8) is 0 Å². The maximum Gasteiger partial charge on any atom is 0.186 e. The van der Waals surface area contributed by atoms with E-state index in [0.29, 0.717) is 0 Å². The van der Waals surface area contributed by atoms with Crippen LogP contribution in [0, 0.1) is 0 Å². The van der Waals surface area contributed by atoms with Crippen LogP contribution in [0.1, 0.15) is 16.7 Å². The third kappa shape index (κ3) is 3.78. The molecule has 1 saturated heterocycles. The van der Waals surface area contributed by atoms with E-state index in [4.69, 9.17) is 14.2 Å². The molecule has 156 valence electrons. The van der Waals surface area contributed by atoms with E-state index in [0.717, 1.165) is 16.7 Å². The Balaban J connectivity index is 1.78. The van der Waals surface area contributed by atoms with Crippen molar-refractivity contribution in [3.8, 4) is 0 Å². The smallest absolute Gasteiger partial charge is 0.186 e. The zero-order valence-electron chi connectivity index (χ0n) is 16.8. The third-order valence-corrected chi connectivity index (χ3v) is 5.56. The summed E-state index contributed by atoms with van der Waals surface area (Å²) in [6, 6.07) is 29.9. The van der Waals surface area contributed by atoms with Crippen molar-refractivity contribution in [2.75, 3.05) is 13.7 Å². The molecule has 30 heavy (non-hydrogen) atoms. The van der Waals surface area contributed by atoms with Gasteiger partial charge in [0.25, 0.3) is 0 Å². The van der Waals surface area contributed by atoms with Gasteiger partial charge in [-0.05, 0) is 16.7 Å². The predicted molar refractivity (Wildman–Crippen MR) is 113 cm³/mol. The number of hydrogen-bond donors (Lipinski definition) is 2.